The number of nitrogens with zero attached hydrogens (tertiary/aromatic N) is 2. The third kappa shape index (κ3) is 5.65. The number of para-hydroxylation sites is 1. The second-order valence-electron chi connectivity index (χ2n) is 9.29. The summed E-state index contributed by atoms with van der Waals surface area (Å²) >= 11 is 0. The van der Waals surface area contributed by atoms with E-state index in [9.17, 15) is 35.9 Å². The second kappa shape index (κ2) is 9.83. The molecule has 2 amide bonds. The first-order valence-electron chi connectivity index (χ1n) is 11.9. The van der Waals surface area contributed by atoms with E-state index in [2.05, 4.69) is 10.3 Å². The normalized spacial score (nSPS) is 19.1. The maximum Gasteiger partial charge on any atom is 0.416 e. The number of hydrogen-bond donors (Lipinski definition) is 1. The fourth-order valence-electron chi connectivity index (χ4n) is 4.38. The highest BCUT2D eigenvalue weighted by Crippen LogP contribution is 2.39. The van der Waals surface area contributed by atoms with E-state index in [0.717, 1.165) is 18.4 Å². The lowest BCUT2D eigenvalue weighted by molar-refractivity contribution is -0.143. The van der Waals surface area contributed by atoms with E-state index in [0.29, 0.717) is 30.0 Å². The van der Waals surface area contributed by atoms with Crippen LogP contribution in [0.2, 0.25) is 0 Å². The molecule has 1 aliphatic heterocycles. The standard InChI is InChI=1S/C26H25F6N3O2/c1-3-14(2)35-20-7-5-4-6-18(20)22(15-8-9-15)34-23(24(35)37)33-21(36)12-16-10-11-17(25(27,28)29)13-19(16)26(30,31)32/h4-7,10-11,13-15,23H,3,8-9,12H2,1-2H3,(H,33,36)/t14-,23?/m0/s1. The number of carbonyl (C=O) groups is 2. The molecule has 2 aromatic rings. The maximum absolute atomic E-state index is 13.6. The third-order valence-corrected chi connectivity index (χ3v) is 6.57. The Morgan fingerprint density at radius 2 is 1.76 bits per heavy atom. The monoisotopic (exact) mass is 525 g/mol. The predicted octanol–water partition coefficient (Wildman–Crippen LogP) is 5.75. The molecular weight excluding hydrogens is 500 g/mol. The molecule has 0 radical (unpaired) electrons. The summed E-state index contributed by atoms with van der Waals surface area (Å²) < 4.78 is 79.6. The molecule has 1 aliphatic carbocycles. The Balaban J connectivity index is 1.66. The van der Waals surface area contributed by atoms with Crippen molar-refractivity contribution in [2.75, 3.05) is 4.90 Å². The second-order valence-corrected chi connectivity index (χ2v) is 9.29. The zero-order chi connectivity index (χ0) is 27.1. The van der Waals surface area contributed by atoms with Gasteiger partial charge in [-0.2, -0.15) is 26.3 Å². The molecular formula is C26H25F6N3O2. The average molecular weight is 525 g/mol. The Morgan fingerprint density at radius 3 is 2.35 bits per heavy atom. The number of anilines is 1. The number of carbonyl (C=O) groups excluding carboxylic acids is 2. The molecule has 2 atom stereocenters. The summed E-state index contributed by atoms with van der Waals surface area (Å²) in [7, 11) is 0. The zero-order valence-corrected chi connectivity index (χ0v) is 20.1. The van der Waals surface area contributed by atoms with Crippen LogP contribution < -0.4 is 10.2 Å². The van der Waals surface area contributed by atoms with Crippen LogP contribution in [0, 0.1) is 5.92 Å². The van der Waals surface area contributed by atoms with Crippen LogP contribution in [0.4, 0.5) is 32.0 Å². The lowest BCUT2D eigenvalue weighted by Crippen LogP contribution is -2.50. The van der Waals surface area contributed by atoms with E-state index >= 15 is 0 Å². The highest BCUT2D eigenvalue weighted by molar-refractivity contribution is 6.14. The summed E-state index contributed by atoms with van der Waals surface area (Å²) in [5.74, 6) is -1.40. The number of benzene rings is 2. The van der Waals surface area contributed by atoms with Gasteiger partial charge in [0.15, 0.2) is 0 Å². The van der Waals surface area contributed by atoms with Crippen LogP contribution in [0.1, 0.15) is 55.4 Å². The van der Waals surface area contributed by atoms with Gasteiger partial charge in [-0.3, -0.25) is 14.6 Å². The van der Waals surface area contributed by atoms with Gasteiger partial charge in [0.2, 0.25) is 12.1 Å². The number of halogens is 6. The first-order valence-corrected chi connectivity index (χ1v) is 11.9. The van der Waals surface area contributed by atoms with E-state index in [4.69, 9.17) is 0 Å². The molecule has 2 aromatic carbocycles. The SMILES string of the molecule is CC[C@H](C)N1C(=O)C(NC(=O)Cc2ccc(C(F)(F)F)cc2C(F)(F)F)N=C(C2CC2)c2ccccc21. The van der Waals surface area contributed by atoms with Crippen molar-refractivity contribution in [2.45, 2.75) is 64.1 Å². The minimum Gasteiger partial charge on any atom is -0.326 e. The molecule has 0 bridgehead atoms. The molecule has 198 valence electrons. The van der Waals surface area contributed by atoms with E-state index in [-0.39, 0.29) is 18.0 Å². The van der Waals surface area contributed by atoms with E-state index in [1.54, 1.807) is 17.0 Å². The van der Waals surface area contributed by atoms with Crippen molar-refractivity contribution in [1.82, 2.24) is 5.32 Å². The molecule has 1 saturated carbocycles. The number of hydrogen-bond acceptors (Lipinski definition) is 3. The zero-order valence-electron chi connectivity index (χ0n) is 20.1. The Labute approximate surface area is 209 Å². The van der Waals surface area contributed by atoms with Gasteiger partial charge in [-0.25, -0.2) is 0 Å². The molecule has 4 rings (SSSR count). The Hall–Kier alpha value is -3.37. The van der Waals surface area contributed by atoms with Crippen LogP contribution in [0.5, 0.6) is 0 Å². The lowest BCUT2D eigenvalue weighted by Gasteiger charge is -2.30. The number of aliphatic imine (C=N–C) groups is 1. The average Bonchev–Trinajstić information content (AvgIpc) is 3.66. The van der Waals surface area contributed by atoms with E-state index in [1.807, 2.05) is 26.0 Å². The van der Waals surface area contributed by atoms with Gasteiger partial charge in [-0.1, -0.05) is 31.2 Å². The first-order chi connectivity index (χ1) is 17.3. The smallest absolute Gasteiger partial charge is 0.326 e. The van der Waals surface area contributed by atoms with Crippen molar-refractivity contribution in [3.8, 4) is 0 Å². The summed E-state index contributed by atoms with van der Waals surface area (Å²) in [6.07, 6.45) is -10.0. The lowest BCUT2D eigenvalue weighted by atomic mass is 10.00. The summed E-state index contributed by atoms with van der Waals surface area (Å²) in [5, 5.41) is 2.43. The highest BCUT2D eigenvalue weighted by Gasteiger charge is 2.40. The summed E-state index contributed by atoms with van der Waals surface area (Å²) in [4.78, 5) is 32.5. The Kier molecular flexibility index (Phi) is 7.09. The van der Waals surface area contributed by atoms with Crippen LogP contribution in [-0.2, 0) is 28.4 Å². The number of amides is 2. The van der Waals surface area contributed by atoms with Crippen molar-refractivity contribution in [3.05, 3.63) is 64.7 Å². The van der Waals surface area contributed by atoms with Gasteiger partial charge >= 0.3 is 12.4 Å². The number of fused-ring (bicyclic) bond motifs is 1. The number of nitrogens with one attached hydrogen (secondary N) is 1. The van der Waals surface area contributed by atoms with Gasteiger partial charge in [0.1, 0.15) is 0 Å². The number of benzodiazepines with no additional fused rings is 1. The Bertz CT molecular complexity index is 1230. The molecule has 1 unspecified atom stereocenters. The van der Waals surface area contributed by atoms with Gasteiger partial charge in [-0.05, 0) is 49.9 Å². The van der Waals surface area contributed by atoms with Gasteiger partial charge in [0.25, 0.3) is 5.91 Å². The minimum absolute atomic E-state index is 0.00985. The predicted molar refractivity (Wildman–Crippen MR) is 125 cm³/mol. The molecule has 5 nitrogen and oxygen atoms in total. The molecule has 11 heteroatoms. The topological polar surface area (TPSA) is 61.8 Å². The summed E-state index contributed by atoms with van der Waals surface area (Å²) in [6.45, 7) is 3.73. The van der Waals surface area contributed by atoms with Crippen LogP contribution in [0.15, 0.2) is 47.5 Å². The van der Waals surface area contributed by atoms with Crippen molar-refractivity contribution in [3.63, 3.8) is 0 Å². The molecule has 1 heterocycles. The van der Waals surface area contributed by atoms with Gasteiger partial charge in [0.05, 0.1) is 28.9 Å². The van der Waals surface area contributed by atoms with Crippen molar-refractivity contribution >= 4 is 23.2 Å². The van der Waals surface area contributed by atoms with Crippen molar-refractivity contribution in [2.24, 2.45) is 10.9 Å². The fourth-order valence-corrected chi connectivity index (χ4v) is 4.38. The summed E-state index contributed by atoms with van der Waals surface area (Å²) in [6, 6.07) is 8.11. The largest absolute Gasteiger partial charge is 0.416 e. The quantitative estimate of drug-likeness (QED) is 0.488. The molecule has 0 saturated heterocycles. The first kappa shape index (κ1) is 26.7. The van der Waals surface area contributed by atoms with E-state index in [1.165, 1.54) is 0 Å². The molecule has 1 fully saturated rings. The van der Waals surface area contributed by atoms with Crippen molar-refractivity contribution in [1.29, 1.82) is 0 Å². The molecule has 1 N–H and O–H groups in total. The maximum atomic E-state index is 13.6. The minimum atomic E-state index is -5.11. The van der Waals surface area contributed by atoms with Gasteiger partial charge in [-0.15, -0.1) is 0 Å². The van der Waals surface area contributed by atoms with Gasteiger partial charge in [0, 0.05) is 17.5 Å². The molecule has 2 aliphatic rings. The third-order valence-electron chi connectivity index (χ3n) is 6.57. The van der Waals surface area contributed by atoms with E-state index < -0.39 is 53.4 Å². The van der Waals surface area contributed by atoms with Crippen LogP contribution in [-0.4, -0.2) is 29.7 Å². The van der Waals surface area contributed by atoms with Crippen LogP contribution in [0.3, 0.4) is 0 Å². The van der Waals surface area contributed by atoms with Crippen LogP contribution in [0.25, 0.3) is 0 Å². The highest BCUT2D eigenvalue weighted by atomic mass is 19.4. The molecule has 37 heavy (non-hydrogen) atoms. The Morgan fingerprint density at radius 1 is 1.08 bits per heavy atom. The molecule has 0 aromatic heterocycles. The molecule has 0 spiro atoms. The van der Waals surface area contributed by atoms with Crippen molar-refractivity contribution < 1.29 is 35.9 Å². The van der Waals surface area contributed by atoms with Crippen LogP contribution >= 0.6 is 0 Å². The number of alkyl halides is 6. The number of rotatable bonds is 6. The fraction of sp³-hybridized carbons (Fsp3) is 0.423. The van der Waals surface area contributed by atoms with Gasteiger partial charge < -0.3 is 10.2 Å². The summed E-state index contributed by atoms with van der Waals surface area (Å²) in [5.41, 5.74) is -1.61.